The van der Waals surface area contributed by atoms with Gasteiger partial charge in [0.05, 0.1) is 23.5 Å². The molecule has 0 bridgehead atoms. The Morgan fingerprint density at radius 2 is 0.429 bits per heavy atom. The van der Waals surface area contributed by atoms with Crippen LogP contribution in [0.25, 0.3) is 0 Å². The van der Waals surface area contributed by atoms with Crippen molar-refractivity contribution in [3.05, 3.63) is 0 Å². The van der Waals surface area contributed by atoms with Crippen LogP contribution in [0.2, 0.25) is 0 Å². The van der Waals surface area contributed by atoms with Gasteiger partial charge in [-0.2, -0.15) is 0 Å². The molecule has 0 atom stereocenters. The standard InChI is InChI=1S/6K.3H3O4P/c;;;;;;3*1-5(2,3)4/h;;;;;;3*(H3,1,2,3,4)/q6*+1;;;/p-6. The van der Waals surface area contributed by atoms with Crippen LogP contribution < -0.4 is 338 Å². The molecule has 0 heterocycles. The van der Waals surface area contributed by atoms with Crippen LogP contribution in [0.1, 0.15) is 0 Å². The van der Waals surface area contributed by atoms with Gasteiger partial charge in [0.25, 0.3) is 0 Å². The zero-order valence-electron chi connectivity index (χ0n) is 12.4. The molecule has 3 N–H and O–H groups in total. The van der Waals surface area contributed by atoms with Gasteiger partial charge in [0.15, 0.2) is 0 Å². The van der Waals surface area contributed by atoms with Crippen molar-refractivity contribution in [3.8, 4) is 0 Å². The second-order valence-corrected chi connectivity index (χ2v) is 4.22. The topological polar surface area (TPSA) is 250 Å². The Morgan fingerprint density at radius 3 is 0.429 bits per heavy atom. The van der Waals surface area contributed by atoms with Gasteiger partial charge in [0, 0.05) is 0 Å². The first-order valence-electron chi connectivity index (χ1n) is 2.24. The predicted molar refractivity (Wildman–Crippen MR) is 29.5 cm³/mol. The van der Waals surface area contributed by atoms with Crippen LogP contribution in [0.15, 0.2) is 0 Å². The summed E-state index contributed by atoms with van der Waals surface area (Å²) in [6.07, 6.45) is 0. The molecule has 0 radical (unpaired) electrons. The molecule has 21 heteroatoms. The Kier molecular flexibility index (Phi) is 88.8. The summed E-state index contributed by atoms with van der Waals surface area (Å²) in [5.74, 6) is 0. The van der Waals surface area contributed by atoms with Crippen molar-refractivity contribution >= 4 is 23.5 Å². The Hall–Kier alpha value is 10.1. The maximum Gasteiger partial charge on any atom is 1.00 e. The third-order valence-electron chi connectivity index (χ3n) is 0. The summed E-state index contributed by atoms with van der Waals surface area (Å²) in [5.41, 5.74) is 0. The molecule has 0 amide bonds. The summed E-state index contributed by atoms with van der Waals surface area (Å²) in [5, 5.41) is 0. The normalized spacial score (nSPS) is 8.43. The molecule has 96 valence electrons. The average molecular weight is 523 g/mol. The van der Waals surface area contributed by atoms with E-state index in [2.05, 4.69) is 0 Å². The van der Waals surface area contributed by atoms with Crippen LogP contribution in [-0.4, -0.2) is 14.7 Å². The average Bonchev–Trinajstić information content (AvgIpc) is 1.41. The fourth-order valence-corrected chi connectivity index (χ4v) is 0. The number of hydrogen-bond donors (Lipinski definition) is 3. The van der Waals surface area contributed by atoms with E-state index in [0.717, 1.165) is 0 Å². The van der Waals surface area contributed by atoms with Gasteiger partial charge < -0.3 is 57.7 Å². The fourth-order valence-electron chi connectivity index (χ4n) is 0. The minimum Gasteiger partial charge on any atom is -0.790 e. The van der Waals surface area contributed by atoms with Crippen LogP contribution >= 0.6 is 23.5 Å². The molecule has 0 aromatic heterocycles. The Morgan fingerprint density at radius 1 is 0.429 bits per heavy atom. The van der Waals surface area contributed by atoms with Crippen molar-refractivity contribution in [2.45, 2.75) is 0 Å². The van der Waals surface area contributed by atoms with Crippen LogP contribution in [0.4, 0.5) is 0 Å². The molecule has 0 rings (SSSR count). The van der Waals surface area contributed by atoms with Gasteiger partial charge in [-0.15, -0.1) is 0 Å². The molecule has 0 saturated carbocycles. The van der Waals surface area contributed by atoms with E-state index in [0.29, 0.717) is 0 Å². The monoisotopic (exact) mass is 522 g/mol. The molecule has 0 fully saturated rings. The van der Waals surface area contributed by atoms with Crippen molar-refractivity contribution in [2.24, 2.45) is 0 Å². The molecule has 0 aromatic rings. The number of phosphoric acid groups is 3. The smallest absolute Gasteiger partial charge is 0.790 e. The molecule has 21 heavy (non-hydrogen) atoms. The largest absolute Gasteiger partial charge is 1.00 e. The molecule has 12 nitrogen and oxygen atoms in total. The Labute approximate surface area is 376 Å². The summed E-state index contributed by atoms with van der Waals surface area (Å²) in [7, 11) is -15.4. The molecule has 0 saturated heterocycles. The van der Waals surface area contributed by atoms with Gasteiger partial charge in [-0.3, -0.25) is 0 Å². The fraction of sp³-hybridized carbons (Fsp3) is 0. The predicted octanol–water partition coefficient (Wildman–Crippen LogP) is -24.6. The van der Waals surface area contributed by atoms with Gasteiger partial charge in [-0.05, 0) is 0 Å². The van der Waals surface area contributed by atoms with E-state index in [4.69, 9.17) is 57.7 Å². The van der Waals surface area contributed by atoms with E-state index in [1.165, 1.54) is 0 Å². The summed E-state index contributed by atoms with van der Waals surface area (Å²) >= 11 is 0. The van der Waals surface area contributed by atoms with E-state index in [-0.39, 0.29) is 308 Å². The minimum atomic E-state index is -5.14. The number of hydrogen-bond acceptors (Lipinski definition) is 9. The van der Waals surface area contributed by atoms with Crippen molar-refractivity contribution in [3.63, 3.8) is 0 Å². The van der Waals surface area contributed by atoms with E-state index < -0.39 is 23.5 Å². The van der Waals surface area contributed by atoms with Crippen molar-refractivity contribution < 1.29 is 366 Å². The SMILES string of the molecule is O=P([O-])([O-])O.O=P([O-])([O-])O.O=P([O-])([O-])O.[K+].[K+].[K+].[K+].[K+].[K+]. The van der Waals surface area contributed by atoms with Crippen LogP contribution in [0, 0.1) is 0 Å². The van der Waals surface area contributed by atoms with Gasteiger partial charge in [-0.25, -0.2) is 0 Å². The van der Waals surface area contributed by atoms with Crippen molar-refractivity contribution in [1.82, 2.24) is 0 Å². The van der Waals surface area contributed by atoms with Crippen LogP contribution in [0.3, 0.4) is 0 Å². The second kappa shape index (κ2) is 32.3. The minimum absolute atomic E-state index is 0. The first-order valence-corrected chi connectivity index (χ1v) is 6.73. The first-order chi connectivity index (χ1) is 6.00. The van der Waals surface area contributed by atoms with E-state index in [9.17, 15) is 0 Å². The summed E-state index contributed by atoms with van der Waals surface area (Å²) < 4.78 is 26.0. The molecular formula is H3K6O12P3. The Balaban J connectivity index is -0.0000000129. The summed E-state index contributed by atoms with van der Waals surface area (Å²) in [6.45, 7) is 0. The molecular weight excluding hydrogens is 519 g/mol. The number of rotatable bonds is 0. The van der Waals surface area contributed by atoms with Gasteiger partial charge in [0.2, 0.25) is 0 Å². The molecule has 0 aliphatic carbocycles. The second-order valence-electron chi connectivity index (χ2n) is 1.41. The Bertz CT molecular complexity index is 215. The molecule has 0 aliphatic heterocycles. The van der Waals surface area contributed by atoms with Crippen LogP contribution in [0.5, 0.6) is 0 Å². The van der Waals surface area contributed by atoms with Gasteiger partial charge in [0.1, 0.15) is 0 Å². The third-order valence-corrected chi connectivity index (χ3v) is 0. The maximum atomic E-state index is 8.66. The quantitative estimate of drug-likeness (QED) is 0.198. The zero-order valence-corrected chi connectivity index (χ0v) is 33.8. The molecule has 0 spiro atoms. The van der Waals surface area contributed by atoms with Gasteiger partial charge >= 0.3 is 308 Å². The van der Waals surface area contributed by atoms with Gasteiger partial charge in [-0.1, -0.05) is 0 Å². The van der Waals surface area contributed by atoms with E-state index in [1.807, 2.05) is 0 Å². The molecule has 0 unspecified atom stereocenters. The zero-order chi connectivity index (χ0) is 13.5. The van der Waals surface area contributed by atoms with Crippen molar-refractivity contribution in [1.29, 1.82) is 0 Å². The maximum absolute atomic E-state index is 8.66. The first kappa shape index (κ1) is 57.7. The molecule has 0 aliphatic rings. The van der Waals surface area contributed by atoms with E-state index >= 15 is 0 Å². The third kappa shape index (κ3) is 232. The van der Waals surface area contributed by atoms with Crippen molar-refractivity contribution in [2.75, 3.05) is 0 Å². The molecule has 0 aromatic carbocycles. The van der Waals surface area contributed by atoms with E-state index in [1.54, 1.807) is 0 Å². The summed E-state index contributed by atoms with van der Waals surface area (Å²) in [4.78, 5) is 72.9. The summed E-state index contributed by atoms with van der Waals surface area (Å²) in [6, 6.07) is 0. The van der Waals surface area contributed by atoms with Crippen LogP contribution in [-0.2, 0) is 13.7 Å².